The van der Waals surface area contributed by atoms with E-state index in [1.165, 1.54) is 0 Å². The van der Waals surface area contributed by atoms with Gasteiger partial charge < -0.3 is 15.7 Å². The SMILES string of the molecule is CC(C)CC(CN)C(=O)N1CCCCC1(C)C(=O)O. The average molecular weight is 270 g/mol. The van der Waals surface area contributed by atoms with Crippen LogP contribution in [0.15, 0.2) is 0 Å². The van der Waals surface area contributed by atoms with Gasteiger partial charge in [-0.15, -0.1) is 0 Å². The minimum Gasteiger partial charge on any atom is -0.480 e. The van der Waals surface area contributed by atoms with Crippen molar-refractivity contribution < 1.29 is 14.7 Å². The molecule has 0 aromatic carbocycles. The number of likely N-dealkylation sites (tertiary alicyclic amines) is 1. The lowest BCUT2D eigenvalue weighted by molar-refractivity contribution is -0.163. The van der Waals surface area contributed by atoms with Gasteiger partial charge in [-0.05, 0) is 38.5 Å². The Labute approximate surface area is 115 Å². The number of hydrogen-bond acceptors (Lipinski definition) is 3. The summed E-state index contributed by atoms with van der Waals surface area (Å²) in [5.41, 5.74) is 4.63. The highest BCUT2D eigenvalue weighted by Gasteiger charge is 2.45. The number of hydrogen-bond donors (Lipinski definition) is 2. The Kier molecular flexibility index (Phi) is 5.35. The summed E-state index contributed by atoms with van der Waals surface area (Å²) >= 11 is 0. The van der Waals surface area contributed by atoms with Crippen LogP contribution in [0.5, 0.6) is 0 Å². The van der Waals surface area contributed by atoms with Gasteiger partial charge in [0.1, 0.15) is 5.54 Å². The van der Waals surface area contributed by atoms with Crippen LogP contribution < -0.4 is 5.73 Å². The third-order valence-corrected chi connectivity index (χ3v) is 4.01. The number of amides is 1. The molecule has 0 aromatic rings. The number of carbonyl (C=O) groups is 2. The van der Waals surface area contributed by atoms with Crippen LogP contribution in [0.25, 0.3) is 0 Å². The van der Waals surface area contributed by atoms with Crippen LogP contribution >= 0.6 is 0 Å². The van der Waals surface area contributed by atoms with Gasteiger partial charge in [0, 0.05) is 13.1 Å². The van der Waals surface area contributed by atoms with Crippen LogP contribution in [0, 0.1) is 11.8 Å². The Balaban J connectivity index is 2.90. The number of carbonyl (C=O) groups excluding carboxylic acids is 1. The lowest BCUT2D eigenvalue weighted by Gasteiger charge is -2.43. The summed E-state index contributed by atoms with van der Waals surface area (Å²) in [5.74, 6) is -0.906. The molecule has 1 rings (SSSR count). The van der Waals surface area contributed by atoms with Gasteiger partial charge in [0.25, 0.3) is 0 Å². The largest absolute Gasteiger partial charge is 0.480 e. The number of nitrogens with zero attached hydrogens (tertiary/aromatic N) is 1. The molecule has 1 amide bonds. The fraction of sp³-hybridized carbons (Fsp3) is 0.857. The normalized spacial score (nSPS) is 25.4. The zero-order valence-corrected chi connectivity index (χ0v) is 12.2. The maximum Gasteiger partial charge on any atom is 0.329 e. The van der Waals surface area contributed by atoms with Crippen molar-refractivity contribution in [1.82, 2.24) is 4.90 Å². The van der Waals surface area contributed by atoms with Crippen LogP contribution in [0.2, 0.25) is 0 Å². The van der Waals surface area contributed by atoms with E-state index in [-0.39, 0.29) is 18.4 Å². The summed E-state index contributed by atoms with van der Waals surface area (Å²) in [6.07, 6.45) is 2.95. The fourth-order valence-corrected chi connectivity index (χ4v) is 2.78. The molecule has 1 saturated heterocycles. The molecule has 1 heterocycles. The van der Waals surface area contributed by atoms with Crippen molar-refractivity contribution in [2.45, 2.75) is 52.0 Å². The smallest absolute Gasteiger partial charge is 0.329 e. The van der Waals surface area contributed by atoms with Gasteiger partial charge in [0.05, 0.1) is 5.92 Å². The van der Waals surface area contributed by atoms with Crippen LogP contribution in [0.4, 0.5) is 0 Å². The van der Waals surface area contributed by atoms with Crippen LogP contribution in [-0.4, -0.2) is 40.5 Å². The van der Waals surface area contributed by atoms with Gasteiger partial charge in [-0.2, -0.15) is 0 Å². The summed E-state index contributed by atoms with van der Waals surface area (Å²) < 4.78 is 0. The van der Waals surface area contributed by atoms with Gasteiger partial charge >= 0.3 is 5.97 Å². The first-order valence-corrected chi connectivity index (χ1v) is 7.08. The quantitative estimate of drug-likeness (QED) is 0.792. The molecular weight excluding hydrogens is 244 g/mol. The summed E-state index contributed by atoms with van der Waals surface area (Å²) in [7, 11) is 0. The van der Waals surface area contributed by atoms with E-state index in [1.54, 1.807) is 11.8 Å². The van der Waals surface area contributed by atoms with E-state index in [0.29, 0.717) is 25.3 Å². The van der Waals surface area contributed by atoms with Gasteiger partial charge in [-0.3, -0.25) is 4.79 Å². The third-order valence-electron chi connectivity index (χ3n) is 4.01. The zero-order valence-electron chi connectivity index (χ0n) is 12.2. The first-order valence-electron chi connectivity index (χ1n) is 7.08. The predicted molar refractivity (Wildman–Crippen MR) is 73.6 cm³/mol. The molecule has 3 N–H and O–H groups in total. The second-order valence-corrected chi connectivity index (χ2v) is 6.09. The molecule has 1 fully saturated rings. The highest BCUT2D eigenvalue weighted by Crippen LogP contribution is 2.30. The predicted octanol–water partition coefficient (Wildman–Crippen LogP) is 1.46. The van der Waals surface area contributed by atoms with Crippen LogP contribution in [-0.2, 0) is 9.59 Å². The minimum atomic E-state index is -1.07. The Hall–Kier alpha value is -1.10. The Morgan fingerprint density at radius 1 is 1.37 bits per heavy atom. The molecule has 110 valence electrons. The van der Waals surface area contributed by atoms with Crippen molar-refractivity contribution in [3.63, 3.8) is 0 Å². The van der Waals surface area contributed by atoms with Crippen LogP contribution in [0.1, 0.15) is 46.5 Å². The fourth-order valence-electron chi connectivity index (χ4n) is 2.78. The van der Waals surface area contributed by atoms with Gasteiger partial charge in [-0.25, -0.2) is 4.79 Å². The molecule has 2 unspecified atom stereocenters. The van der Waals surface area contributed by atoms with Crippen molar-refractivity contribution in [3.05, 3.63) is 0 Å². The summed E-state index contributed by atoms with van der Waals surface area (Å²) in [5, 5.41) is 9.43. The van der Waals surface area contributed by atoms with Crippen LogP contribution in [0.3, 0.4) is 0 Å². The second kappa shape index (κ2) is 6.37. The molecule has 0 aromatic heterocycles. The van der Waals surface area contributed by atoms with Gasteiger partial charge in [0.2, 0.25) is 5.91 Å². The van der Waals surface area contributed by atoms with Crippen molar-refractivity contribution in [2.75, 3.05) is 13.1 Å². The van der Waals surface area contributed by atoms with Gasteiger partial charge in [0.15, 0.2) is 0 Å². The number of rotatable bonds is 5. The molecule has 2 atom stereocenters. The first-order chi connectivity index (χ1) is 8.82. The zero-order chi connectivity index (χ0) is 14.6. The molecule has 0 saturated carbocycles. The van der Waals surface area contributed by atoms with E-state index in [2.05, 4.69) is 0 Å². The topological polar surface area (TPSA) is 83.6 Å². The minimum absolute atomic E-state index is 0.0965. The highest BCUT2D eigenvalue weighted by molar-refractivity contribution is 5.88. The Morgan fingerprint density at radius 2 is 2.00 bits per heavy atom. The molecule has 19 heavy (non-hydrogen) atoms. The molecule has 1 aliphatic rings. The van der Waals surface area contributed by atoms with E-state index >= 15 is 0 Å². The van der Waals surface area contributed by atoms with Crippen molar-refractivity contribution >= 4 is 11.9 Å². The monoisotopic (exact) mass is 270 g/mol. The Bertz CT molecular complexity index is 344. The van der Waals surface area contributed by atoms with Crippen molar-refractivity contribution in [2.24, 2.45) is 17.6 Å². The molecule has 0 aliphatic carbocycles. The van der Waals surface area contributed by atoms with E-state index in [0.717, 1.165) is 12.8 Å². The summed E-state index contributed by atoms with van der Waals surface area (Å²) in [6, 6.07) is 0. The number of carboxylic acid groups (broad SMARTS) is 1. The average Bonchev–Trinajstić information content (AvgIpc) is 2.35. The summed E-state index contributed by atoms with van der Waals surface area (Å²) in [6.45, 7) is 6.54. The maximum atomic E-state index is 12.6. The van der Waals surface area contributed by atoms with Crippen molar-refractivity contribution in [3.8, 4) is 0 Å². The van der Waals surface area contributed by atoms with E-state index in [1.807, 2.05) is 13.8 Å². The molecule has 0 radical (unpaired) electrons. The molecular formula is C14H26N2O3. The number of aliphatic carboxylic acids is 1. The van der Waals surface area contributed by atoms with E-state index < -0.39 is 11.5 Å². The van der Waals surface area contributed by atoms with Gasteiger partial charge in [-0.1, -0.05) is 13.8 Å². The molecule has 0 bridgehead atoms. The first kappa shape index (κ1) is 16.0. The summed E-state index contributed by atoms with van der Waals surface area (Å²) in [4.78, 5) is 25.6. The lowest BCUT2D eigenvalue weighted by atomic mass is 9.86. The molecule has 5 heteroatoms. The highest BCUT2D eigenvalue weighted by atomic mass is 16.4. The lowest BCUT2D eigenvalue weighted by Crippen LogP contribution is -2.59. The van der Waals surface area contributed by atoms with E-state index in [9.17, 15) is 14.7 Å². The van der Waals surface area contributed by atoms with E-state index in [4.69, 9.17) is 5.73 Å². The standard InChI is InChI=1S/C14H26N2O3/c1-10(2)8-11(9-15)12(17)16-7-5-4-6-14(16,3)13(18)19/h10-11H,4-9,15H2,1-3H3,(H,18,19). The Morgan fingerprint density at radius 3 is 2.47 bits per heavy atom. The second-order valence-electron chi connectivity index (χ2n) is 6.09. The molecule has 5 nitrogen and oxygen atoms in total. The number of piperidine rings is 1. The molecule has 1 aliphatic heterocycles. The molecule has 0 spiro atoms. The third kappa shape index (κ3) is 3.47. The maximum absolute atomic E-state index is 12.6. The number of carboxylic acids is 1. The van der Waals surface area contributed by atoms with Crippen molar-refractivity contribution in [1.29, 1.82) is 0 Å². The number of nitrogens with two attached hydrogens (primary N) is 1.